The molecule has 1 aliphatic carbocycles. The summed E-state index contributed by atoms with van der Waals surface area (Å²) in [4.78, 5) is 29.1. The minimum absolute atomic E-state index is 0.0493. The third-order valence-electron chi connectivity index (χ3n) is 5.68. The van der Waals surface area contributed by atoms with E-state index in [-0.39, 0.29) is 23.8 Å². The van der Waals surface area contributed by atoms with Gasteiger partial charge in [-0.3, -0.25) is 9.59 Å². The molecule has 0 unspecified atom stereocenters. The minimum Gasteiger partial charge on any atom is -0.303 e. The fraction of sp³-hybridized carbons (Fsp3) is 0.364. The average molecular weight is 439 g/mol. The number of nitrogens with one attached hydrogen (secondary N) is 1. The molecule has 0 bridgehead atoms. The van der Waals surface area contributed by atoms with Crippen LogP contribution in [0.15, 0.2) is 41.8 Å². The number of anilines is 2. The molecule has 30 heavy (non-hydrogen) atoms. The van der Waals surface area contributed by atoms with Gasteiger partial charge in [-0.2, -0.15) is 0 Å². The van der Waals surface area contributed by atoms with Gasteiger partial charge in [0.05, 0.1) is 12.0 Å². The molecule has 8 heteroatoms. The number of hydrogen-bond donors (Lipinski definition) is 1. The summed E-state index contributed by atoms with van der Waals surface area (Å²) in [6, 6.07) is 11.6. The van der Waals surface area contributed by atoms with Gasteiger partial charge in [0.2, 0.25) is 16.9 Å². The number of nitrogens with zero attached hydrogens (tertiary/aromatic N) is 3. The third-order valence-corrected chi connectivity index (χ3v) is 7.62. The van der Waals surface area contributed by atoms with E-state index in [4.69, 9.17) is 0 Å². The van der Waals surface area contributed by atoms with Crippen LogP contribution in [0.5, 0.6) is 0 Å². The molecule has 1 saturated carbocycles. The molecule has 0 spiro atoms. The number of thiophene rings is 1. The van der Waals surface area contributed by atoms with E-state index < -0.39 is 0 Å². The summed E-state index contributed by atoms with van der Waals surface area (Å²) in [6.45, 7) is 2.02. The SMILES string of the molecule is Cc1ccc(N2C(=O)CC[C@@H](C(=O)Nc3nnc(C4CC4)s3)[C@H]2c2cccs2)cc1. The Morgan fingerprint density at radius 1 is 1.13 bits per heavy atom. The first-order valence-electron chi connectivity index (χ1n) is 10.2. The molecule has 1 aliphatic heterocycles. The maximum atomic E-state index is 13.3. The van der Waals surface area contributed by atoms with Gasteiger partial charge in [-0.05, 0) is 49.8 Å². The standard InChI is InChI=1S/C22H22N4O2S2/c1-13-4-8-15(9-5-13)26-18(27)11-10-16(19(26)17-3-2-12-29-17)20(28)23-22-25-24-21(30-22)14-6-7-14/h2-5,8-9,12,14,16,19H,6-7,10-11H2,1H3,(H,23,25,28)/t16-,19+/m1/s1. The van der Waals surface area contributed by atoms with Crippen LogP contribution in [0, 0.1) is 12.8 Å². The van der Waals surface area contributed by atoms with Crippen molar-refractivity contribution in [1.82, 2.24) is 10.2 Å². The Morgan fingerprint density at radius 2 is 1.93 bits per heavy atom. The minimum atomic E-state index is -0.351. The highest BCUT2D eigenvalue weighted by atomic mass is 32.1. The molecule has 3 heterocycles. The molecule has 1 N–H and O–H groups in total. The van der Waals surface area contributed by atoms with Crippen molar-refractivity contribution in [2.24, 2.45) is 5.92 Å². The van der Waals surface area contributed by atoms with Crippen molar-refractivity contribution in [2.75, 3.05) is 10.2 Å². The first kappa shape index (κ1) is 19.4. The van der Waals surface area contributed by atoms with E-state index in [2.05, 4.69) is 15.5 Å². The molecule has 2 aromatic heterocycles. The van der Waals surface area contributed by atoms with Crippen molar-refractivity contribution in [1.29, 1.82) is 0 Å². The summed E-state index contributed by atoms with van der Waals surface area (Å²) < 4.78 is 0. The second kappa shape index (κ2) is 7.92. The van der Waals surface area contributed by atoms with Crippen LogP contribution in [0.25, 0.3) is 0 Å². The second-order valence-electron chi connectivity index (χ2n) is 7.91. The second-order valence-corrected chi connectivity index (χ2v) is 9.90. The zero-order valence-electron chi connectivity index (χ0n) is 16.6. The van der Waals surface area contributed by atoms with Crippen LogP contribution in [0.2, 0.25) is 0 Å². The van der Waals surface area contributed by atoms with Gasteiger partial charge in [-0.15, -0.1) is 21.5 Å². The summed E-state index contributed by atoms with van der Waals surface area (Å²) >= 11 is 3.04. The van der Waals surface area contributed by atoms with Crippen molar-refractivity contribution < 1.29 is 9.59 Å². The monoisotopic (exact) mass is 438 g/mol. The molecule has 2 fully saturated rings. The maximum Gasteiger partial charge on any atom is 0.231 e. The highest BCUT2D eigenvalue weighted by molar-refractivity contribution is 7.15. The van der Waals surface area contributed by atoms with Crippen molar-refractivity contribution in [3.8, 4) is 0 Å². The summed E-state index contributed by atoms with van der Waals surface area (Å²) in [7, 11) is 0. The number of carbonyl (C=O) groups excluding carboxylic acids is 2. The zero-order valence-corrected chi connectivity index (χ0v) is 18.2. The Labute approximate surface area is 183 Å². The molecular formula is C22H22N4O2S2. The first-order chi connectivity index (χ1) is 14.6. The van der Waals surface area contributed by atoms with E-state index in [0.29, 0.717) is 23.9 Å². The lowest BCUT2D eigenvalue weighted by atomic mass is 9.86. The molecule has 5 rings (SSSR count). The van der Waals surface area contributed by atoms with Crippen molar-refractivity contribution in [3.05, 3.63) is 57.2 Å². The van der Waals surface area contributed by atoms with Crippen LogP contribution in [0.3, 0.4) is 0 Å². The summed E-state index contributed by atoms with van der Waals surface area (Å²) in [5.41, 5.74) is 1.96. The Hall–Kier alpha value is -2.58. The van der Waals surface area contributed by atoms with Crippen molar-refractivity contribution in [3.63, 3.8) is 0 Å². The van der Waals surface area contributed by atoms with Crippen molar-refractivity contribution in [2.45, 2.75) is 44.6 Å². The summed E-state index contributed by atoms with van der Waals surface area (Å²) in [5, 5.41) is 14.9. The van der Waals surface area contributed by atoms with Crippen LogP contribution < -0.4 is 10.2 Å². The number of aryl methyl sites for hydroxylation is 1. The first-order valence-corrected chi connectivity index (χ1v) is 11.9. The van der Waals surface area contributed by atoms with Gasteiger partial charge in [-0.25, -0.2) is 0 Å². The predicted molar refractivity (Wildman–Crippen MR) is 119 cm³/mol. The third kappa shape index (κ3) is 3.77. The van der Waals surface area contributed by atoms with Crippen LogP contribution in [-0.4, -0.2) is 22.0 Å². The molecule has 1 aromatic carbocycles. The Kier molecular flexibility index (Phi) is 5.12. The van der Waals surface area contributed by atoms with Crippen LogP contribution in [-0.2, 0) is 9.59 Å². The normalized spacial score (nSPS) is 21.6. The number of benzene rings is 1. The van der Waals surface area contributed by atoms with Gasteiger partial charge in [0.1, 0.15) is 5.01 Å². The van der Waals surface area contributed by atoms with E-state index in [1.807, 2.05) is 48.7 Å². The van der Waals surface area contributed by atoms with Gasteiger partial charge in [0, 0.05) is 22.9 Å². The Bertz CT molecular complexity index is 1060. The van der Waals surface area contributed by atoms with Gasteiger partial charge < -0.3 is 10.2 Å². The number of rotatable bonds is 5. The topological polar surface area (TPSA) is 75.2 Å². The lowest BCUT2D eigenvalue weighted by Crippen LogP contribution is -2.46. The number of amides is 2. The number of piperidine rings is 1. The van der Waals surface area contributed by atoms with Gasteiger partial charge in [0.15, 0.2) is 0 Å². The predicted octanol–water partition coefficient (Wildman–Crippen LogP) is 4.91. The van der Waals surface area contributed by atoms with Crippen LogP contribution >= 0.6 is 22.7 Å². The lowest BCUT2D eigenvalue weighted by Gasteiger charge is -2.40. The average Bonchev–Trinajstić information content (AvgIpc) is 3.24. The molecule has 3 aromatic rings. The number of aromatic nitrogens is 2. The van der Waals surface area contributed by atoms with Crippen LogP contribution in [0.1, 0.15) is 53.1 Å². The van der Waals surface area contributed by atoms with E-state index >= 15 is 0 Å². The fourth-order valence-corrected chi connectivity index (χ4v) is 5.74. The molecule has 1 saturated heterocycles. The molecule has 6 nitrogen and oxygen atoms in total. The smallest absolute Gasteiger partial charge is 0.231 e. The van der Waals surface area contributed by atoms with E-state index in [1.54, 1.807) is 16.2 Å². The maximum absolute atomic E-state index is 13.3. The molecule has 2 amide bonds. The fourth-order valence-electron chi connectivity index (χ4n) is 3.94. The number of carbonyl (C=O) groups is 2. The molecule has 154 valence electrons. The summed E-state index contributed by atoms with van der Waals surface area (Å²) in [6.07, 6.45) is 3.17. The molecule has 2 atom stereocenters. The van der Waals surface area contributed by atoms with E-state index in [0.717, 1.165) is 34.0 Å². The molecule has 2 aliphatic rings. The Morgan fingerprint density at radius 3 is 2.63 bits per heavy atom. The highest BCUT2D eigenvalue weighted by Gasteiger charge is 2.42. The molecular weight excluding hydrogens is 416 g/mol. The number of hydrogen-bond acceptors (Lipinski definition) is 6. The summed E-state index contributed by atoms with van der Waals surface area (Å²) in [5.74, 6) is 0.108. The molecule has 0 radical (unpaired) electrons. The van der Waals surface area contributed by atoms with Gasteiger partial charge >= 0.3 is 0 Å². The van der Waals surface area contributed by atoms with Gasteiger partial charge in [-0.1, -0.05) is 35.1 Å². The Balaban J connectivity index is 1.45. The highest BCUT2D eigenvalue weighted by Crippen LogP contribution is 2.44. The van der Waals surface area contributed by atoms with Crippen LogP contribution in [0.4, 0.5) is 10.8 Å². The quantitative estimate of drug-likeness (QED) is 0.614. The van der Waals surface area contributed by atoms with E-state index in [1.165, 1.54) is 11.3 Å². The van der Waals surface area contributed by atoms with Crippen molar-refractivity contribution >= 4 is 45.3 Å². The lowest BCUT2D eigenvalue weighted by molar-refractivity contribution is -0.125. The van der Waals surface area contributed by atoms with E-state index in [9.17, 15) is 9.59 Å². The van der Waals surface area contributed by atoms with Gasteiger partial charge in [0.25, 0.3) is 0 Å². The zero-order chi connectivity index (χ0) is 20.7. The largest absolute Gasteiger partial charge is 0.303 e.